The number of aromatic nitrogens is 7. The van der Waals surface area contributed by atoms with Gasteiger partial charge in [0.25, 0.3) is 12.7 Å². The van der Waals surface area contributed by atoms with E-state index in [0.717, 1.165) is 67.0 Å². The summed E-state index contributed by atoms with van der Waals surface area (Å²) in [7, 11) is 0. The minimum Gasteiger partial charge on any atom is -0.574 e. The van der Waals surface area contributed by atoms with Gasteiger partial charge in [0.2, 0.25) is 0 Å². The summed E-state index contributed by atoms with van der Waals surface area (Å²) in [5.41, 5.74) is 10.4. The van der Waals surface area contributed by atoms with Crippen molar-refractivity contribution in [1.29, 1.82) is 0 Å². The first-order valence-electron chi connectivity index (χ1n) is 22.8. The third-order valence-corrected chi connectivity index (χ3v) is 12.4. The van der Waals surface area contributed by atoms with Crippen LogP contribution < -0.4 is 14.2 Å². The van der Waals surface area contributed by atoms with Crippen LogP contribution in [0.1, 0.15) is 0 Å². The number of hydrogen-bond acceptors (Lipinski definition) is 2. The van der Waals surface area contributed by atoms with E-state index < -0.39 is 0 Å². The van der Waals surface area contributed by atoms with Crippen molar-refractivity contribution in [2.45, 2.75) is 0 Å². The second-order valence-electron chi connectivity index (χ2n) is 16.5. The molecule has 0 fully saturated rings. The maximum Gasteiger partial charge on any atom is 0.268 e. The van der Waals surface area contributed by atoms with Gasteiger partial charge in [0.15, 0.2) is 0 Å². The topological polar surface area (TPSA) is 57.5 Å². The van der Waals surface area contributed by atoms with Gasteiger partial charge < -0.3 is 19.3 Å². The Morgan fingerprint density at radius 1 is 0.386 bits per heavy atom. The smallest absolute Gasteiger partial charge is 0.268 e. The van der Waals surface area contributed by atoms with Crippen LogP contribution in [0.5, 0.6) is 0 Å². The van der Waals surface area contributed by atoms with E-state index in [2.05, 4.69) is 252 Å². The van der Waals surface area contributed by atoms with Crippen molar-refractivity contribution in [2.75, 3.05) is 0 Å². The second kappa shape index (κ2) is 19.4. The van der Waals surface area contributed by atoms with E-state index in [1.807, 2.05) is 36.4 Å². The zero-order valence-corrected chi connectivity index (χ0v) is 40.0. The molecule has 14 aromatic rings. The monoisotopic (exact) mass is 1080 g/mol. The van der Waals surface area contributed by atoms with E-state index in [1.54, 1.807) is 12.4 Å². The van der Waals surface area contributed by atoms with Gasteiger partial charge >= 0.3 is 0 Å². The fraction of sp³-hybridized carbons (Fsp3) is 0. The van der Waals surface area contributed by atoms with Crippen molar-refractivity contribution in [2.24, 2.45) is 0 Å². The molecule has 0 saturated heterocycles. The molecule has 0 bridgehead atoms. The molecule has 0 unspecified atom stereocenters. The van der Waals surface area contributed by atoms with Crippen LogP contribution in [0, 0.1) is 24.8 Å². The first-order valence-corrected chi connectivity index (χ1v) is 22.8. The molecular weight excluding hydrogens is 1030 g/mol. The number of para-hydroxylation sites is 4. The molecule has 0 spiro atoms. The fourth-order valence-electron chi connectivity index (χ4n) is 9.16. The Morgan fingerprint density at radius 3 is 1.29 bits per heavy atom. The Bertz CT molecular complexity index is 3620. The minimum atomic E-state index is 0. The summed E-state index contributed by atoms with van der Waals surface area (Å²) in [6.45, 7) is 0. The summed E-state index contributed by atoms with van der Waals surface area (Å²) in [6.07, 6.45) is 10.6. The molecule has 1 radical (unpaired) electrons. The van der Waals surface area contributed by atoms with E-state index in [4.69, 9.17) is 0 Å². The number of fused-ring (bicyclic) bond motifs is 6. The van der Waals surface area contributed by atoms with Crippen LogP contribution in [0.3, 0.4) is 0 Å². The summed E-state index contributed by atoms with van der Waals surface area (Å²) >= 11 is 0. The van der Waals surface area contributed by atoms with Crippen molar-refractivity contribution >= 4 is 65.2 Å². The van der Waals surface area contributed by atoms with Crippen molar-refractivity contribution in [3.8, 4) is 34.1 Å². The zero-order chi connectivity index (χ0) is 45.9. The molecule has 0 aliphatic carbocycles. The van der Waals surface area contributed by atoms with E-state index in [0.29, 0.717) is 0 Å². The summed E-state index contributed by atoms with van der Waals surface area (Å²) in [5.74, 6) is 0. The molecule has 7 nitrogen and oxygen atoms in total. The van der Waals surface area contributed by atoms with Crippen molar-refractivity contribution in [1.82, 2.24) is 24.3 Å². The number of pyridine rings is 1. The van der Waals surface area contributed by atoms with Gasteiger partial charge in [0.05, 0.1) is 33.4 Å². The molecule has 0 aliphatic heterocycles. The quantitative estimate of drug-likeness (QED) is 0.127. The predicted octanol–water partition coefficient (Wildman–Crippen LogP) is 12.7. The molecular formula is C62H40IrN7-3. The van der Waals surface area contributed by atoms with E-state index >= 15 is 0 Å². The summed E-state index contributed by atoms with van der Waals surface area (Å²) < 4.78 is 8.57. The van der Waals surface area contributed by atoms with E-state index in [-0.39, 0.29) is 20.1 Å². The molecule has 10 aromatic carbocycles. The number of rotatable bonds is 5. The second-order valence-corrected chi connectivity index (χ2v) is 16.5. The van der Waals surface area contributed by atoms with Gasteiger partial charge in [-0.2, -0.15) is 36.4 Å². The Balaban J connectivity index is 0.000000124. The number of hydrogen-bond donors (Lipinski definition) is 0. The molecule has 335 valence electrons. The predicted molar refractivity (Wildman–Crippen MR) is 276 cm³/mol. The van der Waals surface area contributed by atoms with Gasteiger partial charge in [-0.05, 0) is 57.2 Å². The fourth-order valence-corrected chi connectivity index (χ4v) is 9.16. The first kappa shape index (κ1) is 43.7. The van der Waals surface area contributed by atoms with Crippen LogP contribution in [0.15, 0.2) is 243 Å². The van der Waals surface area contributed by atoms with Crippen molar-refractivity contribution in [3.63, 3.8) is 0 Å². The number of imidazole rings is 2. The average molecular weight is 1080 g/mol. The first-order chi connectivity index (χ1) is 34.3. The number of benzene rings is 10. The third kappa shape index (κ3) is 8.22. The van der Waals surface area contributed by atoms with E-state index in [1.165, 1.54) is 32.3 Å². The van der Waals surface area contributed by atoms with Gasteiger partial charge in [0.1, 0.15) is 0 Å². The molecule has 70 heavy (non-hydrogen) atoms. The van der Waals surface area contributed by atoms with Gasteiger partial charge in [-0.1, -0.05) is 176 Å². The standard InChI is InChI=1S/2C27H17N2.C8H6N3.Ir/c2*1-3-13-22-20(9-1)11-7-17-24(22)28-19-29(27-16-6-5-15-26(27)28)25-18-8-12-21-10-2-4-14-23(21)25;1-2-5-9-7(3-1)8-4-6-10-11-8;/h2*1-17H;1-6H;/q3*-1;. The van der Waals surface area contributed by atoms with Gasteiger partial charge in [-0.15, -0.1) is 33.7 Å². The summed E-state index contributed by atoms with van der Waals surface area (Å²) in [5, 5.41) is 17.2. The van der Waals surface area contributed by atoms with Crippen LogP contribution in [0.4, 0.5) is 0 Å². The van der Waals surface area contributed by atoms with Crippen LogP contribution in [-0.2, 0) is 20.1 Å². The van der Waals surface area contributed by atoms with Gasteiger partial charge in [-0.25, -0.2) is 0 Å². The molecule has 0 aliphatic rings. The molecule has 4 aromatic heterocycles. The number of nitrogens with zero attached hydrogens (tertiary/aromatic N) is 7. The summed E-state index contributed by atoms with van der Waals surface area (Å²) in [6, 6.07) is 86.1. The Hall–Kier alpha value is -8.81. The Kier molecular flexibility index (Phi) is 12.1. The third-order valence-electron chi connectivity index (χ3n) is 12.4. The Morgan fingerprint density at radius 2 is 0.814 bits per heavy atom. The van der Waals surface area contributed by atoms with Gasteiger partial charge in [0, 0.05) is 38.2 Å². The molecule has 0 saturated carbocycles. The van der Waals surface area contributed by atoms with Crippen LogP contribution in [0.2, 0.25) is 0 Å². The van der Waals surface area contributed by atoms with Crippen LogP contribution >= 0.6 is 0 Å². The normalized spacial score (nSPS) is 11.0. The molecule has 0 amide bonds. The molecule has 8 heteroatoms. The largest absolute Gasteiger partial charge is 0.574 e. The zero-order valence-electron chi connectivity index (χ0n) is 37.6. The Labute approximate surface area is 418 Å². The van der Waals surface area contributed by atoms with E-state index in [9.17, 15) is 0 Å². The molecule has 0 N–H and O–H groups in total. The minimum absolute atomic E-state index is 0. The van der Waals surface area contributed by atoms with Crippen LogP contribution in [-0.4, -0.2) is 19.2 Å². The van der Waals surface area contributed by atoms with Crippen molar-refractivity contribution in [3.05, 3.63) is 268 Å². The average Bonchev–Trinajstić information content (AvgIpc) is 4.20. The summed E-state index contributed by atoms with van der Waals surface area (Å²) in [4.78, 5) is 4.12. The molecule has 0 atom stereocenters. The molecule has 4 heterocycles. The SMILES string of the molecule is [Ir].[c-]1ccc2ccccc2c1-n1[c-][n+](-c2cccc3ccccc23)c2ccccc21.[c-]1ccc2ccccc2c1-n1[c-][n+](-c2cccc3ccccc23)c2ccccc21.c1ccc(-c2ccn[n-]2)nc1. The maximum absolute atomic E-state index is 4.12. The van der Waals surface area contributed by atoms with Crippen molar-refractivity contribution < 1.29 is 29.2 Å². The molecule has 14 rings (SSSR count). The maximum atomic E-state index is 4.12. The van der Waals surface area contributed by atoms with Gasteiger partial charge in [-0.3, -0.25) is 14.1 Å². The van der Waals surface area contributed by atoms with Crippen LogP contribution in [0.25, 0.3) is 99.3 Å².